The van der Waals surface area contributed by atoms with Crippen LogP contribution in [0.2, 0.25) is 0 Å². The minimum atomic E-state index is -0.528. The summed E-state index contributed by atoms with van der Waals surface area (Å²) in [6.07, 6.45) is 1.94. The van der Waals surface area contributed by atoms with E-state index in [0.717, 1.165) is 12.8 Å². The largest absolute Gasteiger partial charge is 0.368 e. The van der Waals surface area contributed by atoms with Crippen LogP contribution in [0, 0.1) is 0 Å². The van der Waals surface area contributed by atoms with Crippen molar-refractivity contribution in [2.24, 2.45) is 0 Å². The summed E-state index contributed by atoms with van der Waals surface area (Å²) >= 11 is 0. The highest BCUT2D eigenvalue weighted by atomic mass is 16.5. The molecular formula is C23H24N2O5. The van der Waals surface area contributed by atoms with Crippen LogP contribution in [0.1, 0.15) is 41.6 Å². The second-order valence-electron chi connectivity index (χ2n) is 7.44. The van der Waals surface area contributed by atoms with Crippen molar-refractivity contribution in [1.82, 2.24) is 0 Å². The summed E-state index contributed by atoms with van der Waals surface area (Å²) in [7, 11) is 0. The van der Waals surface area contributed by atoms with Gasteiger partial charge in [0.1, 0.15) is 12.2 Å². The van der Waals surface area contributed by atoms with E-state index >= 15 is 0 Å². The zero-order chi connectivity index (χ0) is 20.9. The van der Waals surface area contributed by atoms with Crippen molar-refractivity contribution < 1.29 is 23.9 Å². The third-order valence-corrected chi connectivity index (χ3v) is 5.28. The van der Waals surface area contributed by atoms with Crippen molar-refractivity contribution in [2.75, 3.05) is 23.8 Å². The van der Waals surface area contributed by atoms with Crippen molar-refractivity contribution in [1.29, 1.82) is 0 Å². The minimum absolute atomic E-state index is 0.166. The van der Waals surface area contributed by atoms with Crippen LogP contribution in [0.4, 0.5) is 11.4 Å². The minimum Gasteiger partial charge on any atom is -0.368 e. The number of amides is 2. The van der Waals surface area contributed by atoms with E-state index in [0.29, 0.717) is 48.6 Å². The van der Waals surface area contributed by atoms with Crippen LogP contribution in [0.25, 0.3) is 0 Å². The first-order valence-corrected chi connectivity index (χ1v) is 10.2. The van der Waals surface area contributed by atoms with Gasteiger partial charge in [-0.25, -0.2) is 0 Å². The van der Waals surface area contributed by atoms with Gasteiger partial charge < -0.3 is 20.1 Å². The number of benzene rings is 2. The molecule has 0 aromatic heterocycles. The van der Waals surface area contributed by atoms with E-state index in [1.807, 2.05) is 6.07 Å². The van der Waals surface area contributed by atoms with Crippen molar-refractivity contribution >= 4 is 29.0 Å². The SMILES string of the molecule is O=C(c1ccccc1)c1ccc(NC(=O)[C@H]2CCCO2)c(NC(=O)[C@H]2CCCO2)c1. The molecule has 0 spiro atoms. The first-order chi connectivity index (χ1) is 14.6. The van der Waals surface area contributed by atoms with Gasteiger partial charge in [0, 0.05) is 24.3 Å². The molecule has 7 nitrogen and oxygen atoms in total. The van der Waals surface area contributed by atoms with Crippen LogP contribution in [-0.4, -0.2) is 43.0 Å². The highest BCUT2D eigenvalue weighted by molar-refractivity contribution is 6.11. The lowest BCUT2D eigenvalue weighted by Crippen LogP contribution is -2.29. The first kappa shape index (κ1) is 20.3. The van der Waals surface area contributed by atoms with Gasteiger partial charge in [-0.05, 0) is 43.9 Å². The first-order valence-electron chi connectivity index (χ1n) is 10.2. The molecule has 2 heterocycles. The Balaban J connectivity index is 1.59. The Kier molecular flexibility index (Phi) is 6.21. The van der Waals surface area contributed by atoms with Gasteiger partial charge >= 0.3 is 0 Å². The molecule has 0 unspecified atom stereocenters. The highest BCUT2D eigenvalue weighted by Gasteiger charge is 2.27. The molecule has 0 bridgehead atoms. The molecule has 0 radical (unpaired) electrons. The molecule has 2 aromatic rings. The van der Waals surface area contributed by atoms with Crippen LogP contribution < -0.4 is 10.6 Å². The van der Waals surface area contributed by atoms with Crippen molar-refractivity contribution in [3.05, 3.63) is 59.7 Å². The summed E-state index contributed by atoms with van der Waals surface area (Å²) in [5.74, 6) is -0.716. The number of anilines is 2. The number of hydrogen-bond acceptors (Lipinski definition) is 5. The number of carbonyl (C=O) groups is 3. The Labute approximate surface area is 174 Å². The smallest absolute Gasteiger partial charge is 0.253 e. The third kappa shape index (κ3) is 4.58. The van der Waals surface area contributed by atoms with Crippen LogP contribution in [0.3, 0.4) is 0 Å². The van der Waals surface area contributed by atoms with Crippen LogP contribution in [0.15, 0.2) is 48.5 Å². The van der Waals surface area contributed by atoms with Gasteiger partial charge in [0.05, 0.1) is 11.4 Å². The Morgan fingerprint density at radius 1 is 0.733 bits per heavy atom. The standard InChI is InChI=1S/C23H24N2O5/c26-21(15-6-2-1-3-7-15)16-10-11-17(24-22(27)19-8-4-12-29-19)18(14-16)25-23(28)20-9-5-13-30-20/h1-3,6-7,10-11,14,19-20H,4-5,8-9,12-13H2,(H,24,27)(H,25,28)/t19-,20-/m1/s1. The average molecular weight is 408 g/mol. The monoisotopic (exact) mass is 408 g/mol. The van der Waals surface area contributed by atoms with E-state index in [1.165, 1.54) is 0 Å². The molecule has 30 heavy (non-hydrogen) atoms. The Morgan fingerprint density at radius 3 is 1.90 bits per heavy atom. The quantitative estimate of drug-likeness (QED) is 0.716. The molecule has 2 saturated heterocycles. The van der Waals surface area contributed by atoms with E-state index in [-0.39, 0.29) is 17.6 Å². The topological polar surface area (TPSA) is 93.7 Å². The maximum Gasteiger partial charge on any atom is 0.253 e. The molecule has 2 aliphatic heterocycles. The number of hydrogen-bond donors (Lipinski definition) is 2. The molecule has 156 valence electrons. The highest BCUT2D eigenvalue weighted by Crippen LogP contribution is 2.27. The normalized spacial score (nSPS) is 20.7. The third-order valence-electron chi connectivity index (χ3n) is 5.28. The molecular weight excluding hydrogens is 384 g/mol. The Morgan fingerprint density at radius 2 is 1.33 bits per heavy atom. The summed E-state index contributed by atoms with van der Waals surface area (Å²) in [6, 6.07) is 13.8. The van der Waals surface area contributed by atoms with Gasteiger partial charge in [-0.15, -0.1) is 0 Å². The fourth-order valence-corrected chi connectivity index (χ4v) is 3.65. The lowest BCUT2D eigenvalue weighted by atomic mass is 10.0. The predicted molar refractivity (Wildman–Crippen MR) is 112 cm³/mol. The van der Waals surface area contributed by atoms with Crippen LogP contribution >= 0.6 is 0 Å². The predicted octanol–water partition coefficient (Wildman–Crippen LogP) is 3.15. The lowest BCUT2D eigenvalue weighted by molar-refractivity contribution is -0.125. The van der Waals surface area contributed by atoms with E-state index in [9.17, 15) is 14.4 Å². The summed E-state index contributed by atoms with van der Waals surface area (Å²) < 4.78 is 10.9. The van der Waals surface area contributed by atoms with Gasteiger partial charge in [-0.3, -0.25) is 14.4 Å². The van der Waals surface area contributed by atoms with E-state index in [2.05, 4.69) is 10.6 Å². The zero-order valence-electron chi connectivity index (χ0n) is 16.6. The van der Waals surface area contributed by atoms with Crippen molar-refractivity contribution in [3.63, 3.8) is 0 Å². The average Bonchev–Trinajstić information content (AvgIpc) is 3.49. The fourth-order valence-electron chi connectivity index (χ4n) is 3.65. The van der Waals surface area contributed by atoms with E-state index in [1.54, 1.807) is 42.5 Å². The van der Waals surface area contributed by atoms with Crippen molar-refractivity contribution in [3.8, 4) is 0 Å². The van der Waals surface area contributed by atoms with Gasteiger partial charge in [0.2, 0.25) is 0 Å². The van der Waals surface area contributed by atoms with Gasteiger partial charge in [0.15, 0.2) is 5.78 Å². The molecule has 2 atom stereocenters. The lowest BCUT2D eigenvalue weighted by Gasteiger charge is -2.17. The molecule has 2 amide bonds. The van der Waals surface area contributed by atoms with E-state index < -0.39 is 12.2 Å². The van der Waals surface area contributed by atoms with Crippen LogP contribution in [-0.2, 0) is 19.1 Å². The summed E-state index contributed by atoms with van der Waals surface area (Å²) in [4.78, 5) is 37.9. The summed E-state index contributed by atoms with van der Waals surface area (Å²) in [6.45, 7) is 1.11. The number of carbonyl (C=O) groups excluding carboxylic acids is 3. The molecule has 0 aliphatic carbocycles. The second kappa shape index (κ2) is 9.19. The van der Waals surface area contributed by atoms with Gasteiger partial charge in [-0.1, -0.05) is 30.3 Å². The van der Waals surface area contributed by atoms with E-state index in [4.69, 9.17) is 9.47 Å². The number of rotatable bonds is 6. The van der Waals surface area contributed by atoms with Crippen molar-refractivity contribution in [2.45, 2.75) is 37.9 Å². The fraction of sp³-hybridized carbons (Fsp3) is 0.348. The number of nitrogens with one attached hydrogen (secondary N) is 2. The molecule has 2 aliphatic rings. The van der Waals surface area contributed by atoms with Gasteiger partial charge in [-0.2, -0.15) is 0 Å². The van der Waals surface area contributed by atoms with Crippen LogP contribution in [0.5, 0.6) is 0 Å². The second-order valence-corrected chi connectivity index (χ2v) is 7.44. The Bertz CT molecular complexity index is 932. The molecule has 0 saturated carbocycles. The molecule has 2 aromatic carbocycles. The van der Waals surface area contributed by atoms with Gasteiger partial charge in [0.25, 0.3) is 11.8 Å². The number of ether oxygens (including phenoxy) is 2. The maximum absolute atomic E-state index is 12.8. The molecule has 7 heteroatoms. The molecule has 4 rings (SSSR count). The summed E-state index contributed by atoms with van der Waals surface area (Å²) in [5, 5.41) is 5.65. The Hall–Kier alpha value is -3.03. The molecule has 2 fully saturated rings. The maximum atomic E-state index is 12.8. The number of ketones is 1. The zero-order valence-corrected chi connectivity index (χ0v) is 16.6. The molecule has 2 N–H and O–H groups in total. The summed E-state index contributed by atoms with van der Waals surface area (Å²) in [5.41, 5.74) is 1.75.